The van der Waals surface area contributed by atoms with E-state index in [2.05, 4.69) is 10.6 Å². The van der Waals surface area contributed by atoms with Crippen molar-refractivity contribution in [2.24, 2.45) is 0 Å². The zero-order valence-corrected chi connectivity index (χ0v) is 19.2. The van der Waals surface area contributed by atoms with E-state index in [1.165, 1.54) is 18.2 Å². The van der Waals surface area contributed by atoms with E-state index in [0.29, 0.717) is 28.1 Å². The number of likely N-dealkylation sites (tertiary alicyclic amines) is 1. The van der Waals surface area contributed by atoms with Crippen LogP contribution in [0.1, 0.15) is 55.0 Å². The number of amides is 3. The first-order chi connectivity index (χ1) is 16.3. The fraction of sp³-hybridized carbons (Fsp3) is 0.222. The summed E-state index contributed by atoms with van der Waals surface area (Å²) in [5, 5.41) is 5.55. The quantitative estimate of drug-likeness (QED) is 0.552. The molecule has 174 valence electrons. The second-order valence-corrected chi connectivity index (χ2v) is 8.40. The summed E-state index contributed by atoms with van der Waals surface area (Å²) in [6, 6.07) is 15.9. The summed E-state index contributed by atoms with van der Waals surface area (Å²) in [6.07, 6.45) is 2.01. The summed E-state index contributed by atoms with van der Waals surface area (Å²) in [7, 11) is 0. The van der Waals surface area contributed by atoms with E-state index in [4.69, 9.17) is 0 Å². The predicted molar refractivity (Wildman–Crippen MR) is 130 cm³/mol. The van der Waals surface area contributed by atoms with Gasteiger partial charge in [-0.1, -0.05) is 24.3 Å². The van der Waals surface area contributed by atoms with Gasteiger partial charge in [-0.3, -0.25) is 14.4 Å². The van der Waals surface area contributed by atoms with Gasteiger partial charge in [0.2, 0.25) is 0 Å². The molecule has 7 heteroatoms. The molecular formula is C27H26FN3O3. The molecule has 4 rings (SSSR count). The van der Waals surface area contributed by atoms with Gasteiger partial charge in [-0.05, 0) is 74.2 Å². The lowest BCUT2D eigenvalue weighted by Gasteiger charge is -2.18. The lowest BCUT2D eigenvalue weighted by Crippen LogP contribution is -2.28. The molecule has 0 aliphatic carbocycles. The highest BCUT2D eigenvalue weighted by molar-refractivity contribution is 6.08. The number of benzene rings is 3. The van der Waals surface area contributed by atoms with Gasteiger partial charge in [-0.15, -0.1) is 0 Å². The third-order valence-corrected chi connectivity index (χ3v) is 6.07. The van der Waals surface area contributed by atoms with Gasteiger partial charge < -0.3 is 15.5 Å². The Bertz CT molecular complexity index is 1270. The average molecular weight is 460 g/mol. The van der Waals surface area contributed by atoms with Gasteiger partial charge in [-0.2, -0.15) is 0 Å². The van der Waals surface area contributed by atoms with Gasteiger partial charge in [0, 0.05) is 35.6 Å². The van der Waals surface area contributed by atoms with Crippen LogP contribution in [0.3, 0.4) is 0 Å². The van der Waals surface area contributed by atoms with Crippen LogP contribution in [0.2, 0.25) is 0 Å². The van der Waals surface area contributed by atoms with Crippen LogP contribution in [-0.4, -0.2) is 35.7 Å². The van der Waals surface area contributed by atoms with Crippen molar-refractivity contribution in [3.8, 4) is 0 Å². The molecule has 1 fully saturated rings. The molecule has 0 aromatic heterocycles. The first-order valence-electron chi connectivity index (χ1n) is 11.2. The fourth-order valence-corrected chi connectivity index (χ4v) is 4.02. The van der Waals surface area contributed by atoms with Crippen LogP contribution in [0.15, 0.2) is 60.7 Å². The largest absolute Gasteiger partial charge is 0.339 e. The van der Waals surface area contributed by atoms with Gasteiger partial charge in [0.25, 0.3) is 17.7 Å². The Kier molecular flexibility index (Phi) is 6.72. The Labute approximate surface area is 197 Å². The standard InChI is InChI=1S/C27H26FN3O3/c1-17-12-13-19(16-24(17)30-26(33)21-8-3-4-10-22(21)28)25(32)29-23-11-7-9-20(18(23)2)27(34)31-14-5-6-15-31/h3-4,7-13,16H,5-6,14-15H2,1-2H3,(H,29,32)(H,30,33). The number of nitrogens with one attached hydrogen (secondary N) is 2. The van der Waals surface area contributed by atoms with E-state index >= 15 is 0 Å². The van der Waals surface area contributed by atoms with Gasteiger partial charge in [0.05, 0.1) is 5.56 Å². The van der Waals surface area contributed by atoms with Crippen LogP contribution in [0, 0.1) is 19.7 Å². The summed E-state index contributed by atoms with van der Waals surface area (Å²) in [5.74, 6) is -1.62. The number of aryl methyl sites for hydroxylation is 1. The highest BCUT2D eigenvalue weighted by atomic mass is 19.1. The Morgan fingerprint density at radius 3 is 2.21 bits per heavy atom. The van der Waals surface area contributed by atoms with Crippen LogP contribution in [0.4, 0.5) is 15.8 Å². The van der Waals surface area contributed by atoms with Crippen LogP contribution >= 0.6 is 0 Å². The third-order valence-electron chi connectivity index (χ3n) is 6.07. The number of carbonyl (C=O) groups is 3. The van der Waals surface area contributed by atoms with Crippen LogP contribution in [0.5, 0.6) is 0 Å². The molecule has 1 aliphatic rings. The van der Waals surface area contributed by atoms with Crippen molar-refractivity contribution in [3.63, 3.8) is 0 Å². The van der Waals surface area contributed by atoms with Crippen molar-refractivity contribution in [1.82, 2.24) is 4.90 Å². The van der Waals surface area contributed by atoms with Gasteiger partial charge in [0.15, 0.2) is 0 Å². The maximum absolute atomic E-state index is 14.0. The molecule has 0 atom stereocenters. The summed E-state index contributed by atoms with van der Waals surface area (Å²) in [6.45, 7) is 5.10. The van der Waals surface area contributed by atoms with Crippen molar-refractivity contribution in [2.45, 2.75) is 26.7 Å². The molecule has 2 N–H and O–H groups in total. The zero-order chi connectivity index (χ0) is 24.2. The highest BCUT2D eigenvalue weighted by Gasteiger charge is 2.22. The minimum Gasteiger partial charge on any atom is -0.339 e. The second kappa shape index (κ2) is 9.87. The predicted octanol–water partition coefficient (Wildman–Crippen LogP) is 5.18. The van der Waals surface area contributed by atoms with Crippen LogP contribution < -0.4 is 10.6 Å². The number of rotatable bonds is 5. The number of anilines is 2. The Morgan fingerprint density at radius 2 is 1.47 bits per heavy atom. The molecule has 3 aromatic rings. The molecule has 0 unspecified atom stereocenters. The Balaban J connectivity index is 1.53. The Hall–Kier alpha value is -4.00. The molecule has 0 bridgehead atoms. The molecule has 3 aromatic carbocycles. The van der Waals surface area contributed by atoms with Crippen LogP contribution in [-0.2, 0) is 0 Å². The number of halogens is 1. The molecule has 3 amide bonds. The topological polar surface area (TPSA) is 78.5 Å². The van der Waals surface area contributed by atoms with Crippen molar-refractivity contribution in [1.29, 1.82) is 0 Å². The lowest BCUT2D eigenvalue weighted by atomic mass is 10.0. The molecule has 0 spiro atoms. The van der Waals surface area contributed by atoms with Crippen molar-refractivity contribution in [3.05, 3.63) is 94.3 Å². The SMILES string of the molecule is Cc1ccc(C(=O)Nc2cccc(C(=O)N3CCCC3)c2C)cc1NC(=O)c1ccccc1F. The molecule has 1 aliphatic heterocycles. The van der Waals surface area contributed by atoms with E-state index in [1.807, 2.05) is 11.8 Å². The number of nitrogens with zero attached hydrogens (tertiary/aromatic N) is 1. The summed E-state index contributed by atoms with van der Waals surface area (Å²) >= 11 is 0. The molecule has 34 heavy (non-hydrogen) atoms. The van der Waals surface area contributed by atoms with E-state index in [9.17, 15) is 18.8 Å². The zero-order valence-electron chi connectivity index (χ0n) is 19.2. The van der Waals surface area contributed by atoms with Gasteiger partial charge in [-0.25, -0.2) is 4.39 Å². The second-order valence-electron chi connectivity index (χ2n) is 8.40. The van der Waals surface area contributed by atoms with Gasteiger partial charge >= 0.3 is 0 Å². The van der Waals surface area contributed by atoms with E-state index in [-0.39, 0.29) is 17.4 Å². The minimum atomic E-state index is -0.620. The molecule has 0 radical (unpaired) electrons. The average Bonchev–Trinajstić information content (AvgIpc) is 3.36. The normalized spacial score (nSPS) is 13.0. The van der Waals surface area contributed by atoms with E-state index in [0.717, 1.165) is 31.5 Å². The number of hydrogen-bond acceptors (Lipinski definition) is 3. The maximum Gasteiger partial charge on any atom is 0.258 e. The van der Waals surface area contributed by atoms with E-state index in [1.54, 1.807) is 49.4 Å². The highest BCUT2D eigenvalue weighted by Crippen LogP contribution is 2.24. The minimum absolute atomic E-state index is 0.0282. The summed E-state index contributed by atoms with van der Waals surface area (Å²) in [4.78, 5) is 40.2. The first kappa shape index (κ1) is 23.2. The first-order valence-corrected chi connectivity index (χ1v) is 11.2. The van der Waals surface area contributed by atoms with E-state index < -0.39 is 11.7 Å². The lowest BCUT2D eigenvalue weighted by molar-refractivity contribution is 0.0791. The summed E-state index contributed by atoms with van der Waals surface area (Å²) < 4.78 is 14.0. The fourth-order valence-electron chi connectivity index (χ4n) is 4.02. The smallest absolute Gasteiger partial charge is 0.258 e. The van der Waals surface area contributed by atoms with Crippen LogP contribution in [0.25, 0.3) is 0 Å². The van der Waals surface area contributed by atoms with Crippen molar-refractivity contribution >= 4 is 29.1 Å². The summed E-state index contributed by atoms with van der Waals surface area (Å²) in [5.41, 5.74) is 3.21. The molecular weight excluding hydrogens is 433 g/mol. The number of hydrogen-bond donors (Lipinski definition) is 2. The maximum atomic E-state index is 14.0. The molecule has 1 heterocycles. The number of carbonyl (C=O) groups excluding carboxylic acids is 3. The molecule has 1 saturated heterocycles. The Morgan fingerprint density at radius 1 is 0.794 bits per heavy atom. The third kappa shape index (κ3) is 4.83. The molecule has 0 saturated carbocycles. The molecule has 6 nitrogen and oxygen atoms in total. The van der Waals surface area contributed by atoms with Gasteiger partial charge in [0.1, 0.15) is 5.82 Å². The van der Waals surface area contributed by atoms with Crippen molar-refractivity contribution < 1.29 is 18.8 Å². The van der Waals surface area contributed by atoms with Crippen molar-refractivity contribution in [2.75, 3.05) is 23.7 Å². The monoisotopic (exact) mass is 459 g/mol.